The molecule has 0 amide bonds. The number of ketones is 1. The second kappa shape index (κ2) is 2.63. The van der Waals surface area contributed by atoms with Crippen LogP contribution in [-0.4, -0.2) is 12.3 Å². The summed E-state index contributed by atoms with van der Waals surface area (Å²) in [5, 5.41) is 3.21. The number of carbonyl (C=O) groups excluding carboxylic acids is 1. The molecule has 0 bridgehead atoms. The van der Waals surface area contributed by atoms with Gasteiger partial charge in [0.2, 0.25) is 0 Å². The highest BCUT2D eigenvalue weighted by Crippen LogP contribution is 2.24. The van der Waals surface area contributed by atoms with E-state index in [1.165, 1.54) is 0 Å². The molecule has 0 fully saturated rings. The summed E-state index contributed by atoms with van der Waals surface area (Å²) < 4.78 is 0. The molecule has 1 N–H and O–H groups in total. The largest absolute Gasteiger partial charge is 0.384 e. The highest BCUT2D eigenvalue weighted by atomic mass is 16.1. The number of rotatable bonds is 0. The van der Waals surface area contributed by atoms with Crippen molar-refractivity contribution < 1.29 is 4.79 Å². The lowest BCUT2D eigenvalue weighted by atomic mass is 9.97. The second-order valence-corrected chi connectivity index (χ2v) is 3.10. The maximum absolute atomic E-state index is 11.5. The molecule has 0 aromatic heterocycles. The minimum atomic E-state index is 0.266. The first kappa shape index (κ1) is 7.35. The zero-order valence-electron chi connectivity index (χ0n) is 7.05. The Balaban J connectivity index is 2.60. The third kappa shape index (κ3) is 0.998. The Morgan fingerprint density at radius 3 is 3.00 bits per heavy atom. The van der Waals surface area contributed by atoms with Gasteiger partial charge in [-0.15, -0.1) is 0 Å². The molecule has 0 aliphatic carbocycles. The summed E-state index contributed by atoms with van der Waals surface area (Å²) in [5.74, 6) is 0.266. The minimum Gasteiger partial charge on any atom is -0.384 e. The number of carbonyl (C=O) groups is 1. The molecule has 1 aliphatic rings. The molecule has 0 saturated carbocycles. The van der Waals surface area contributed by atoms with Crippen LogP contribution in [0.3, 0.4) is 0 Å². The van der Waals surface area contributed by atoms with Gasteiger partial charge >= 0.3 is 0 Å². The van der Waals surface area contributed by atoms with E-state index in [1.54, 1.807) is 0 Å². The standard InChI is InChI=1S/C10H11NO/c1-7-3-2-4-8-10(7)9(12)5-6-11-8/h2-4,11H,5-6H2,1H3. The summed E-state index contributed by atoms with van der Waals surface area (Å²) in [6.45, 7) is 2.75. The summed E-state index contributed by atoms with van der Waals surface area (Å²) in [4.78, 5) is 11.5. The molecule has 2 nitrogen and oxygen atoms in total. The third-order valence-corrected chi connectivity index (χ3v) is 2.22. The zero-order chi connectivity index (χ0) is 8.55. The molecule has 0 radical (unpaired) electrons. The van der Waals surface area contributed by atoms with Crippen molar-refractivity contribution in [1.29, 1.82) is 0 Å². The normalized spacial score (nSPS) is 15.2. The van der Waals surface area contributed by atoms with Crippen LogP contribution >= 0.6 is 0 Å². The molecule has 0 atom stereocenters. The van der Waals surface area contributed by atoms with Gasteiger partial charge in [0.05, 0.1) is 0 Å². The fraction of sp³-hybridized carbons (Fsp3) is 0.300. The Kier molecular flexibility index (Phi) is 1.61. The van der Waals surface area contributed by atoms with Crippen LogP contribution in [0.5, 0.6) is 0 Å². The number of hydrogen-bond acceptors (Lipinski definition) is 2. The SMILES string of the molecule is Cc1cccc2c1C(=O)CCN2. The number of benzene rings is 1. The Labute approximate surface area is 71.6 Å². The molecule has 1 aromatic carbocycles. The van der Waals surface area contributed by atoms with E-state index in [-0.39, 0.29) is 5.78 Å². The van der Waals surface area contributed by atoms with Crippen molar-refractivity contribution in [2.24, 2.45) is 0 Å². The van der Waals surface area contributed by atoms with Crippen molar-refractivity contribution in [3.8, 4) is 0 Å². The number of aryl methyl sites for hydroxylation is 1. The Hall–Kier alpha value is -1.31. The molecular formula is C10H11NO. The molecule has 1 heterocycles. The average Bonchev–Trinajstić information content (AvgIpc) is 2.04. The van der Waals surface area contributed by atoms with E-state index in [9.17, 15) is 4.79 Å². The third-order valence-electron chi connectivity index (χ3n) is 2.22. The van der Waals surface area contributed by atoms with Crippen molar-refractivity contribution in [3.63, 3.8) is 0 Å². The lowest BCUT2D eigenvalue weighted by Gasteiger charge is -2.18. The topological polar surface area (TPSA) is 29.1 Å². The van der Waals surface area contributed by atoms with E-state index >= 15 is 0 Å². The molecule has 1 aliphatic heterocycles. The van der Waals surface area contributed by atoms with Crippen molar-refractivity contribution in [1.82, 2.24) is 0 Å². The number of nitrogens with one attached hydrogen (secondary N) is 1. The highest BCUT2D eigenvalue weighted by molar-refractivity contribution is 6.04. The van der Waals surface area contributed by atoms with Gasteiger partial charge in [0.25, 0.3) is 0 Å². The number of anilines is 1. The predicted octanol–water partition coefficient (Wildman–Crippen LogP) is 1.99. The van der Waals surface area contributed by atoms with Gasteiger partial charge < -0.3 is 5.32 Å². The highest BCUT2D eigenvalue weighted by Gasteiger charge is 2.17. The van der Waals surface area contributed by atoms with Crippen LogP contribution in [0.15, 0.2) is 18.2 Å². The van der Waals surface area contributed by atoms with Crippen molar-refractivity contribution in [2.45, 2.75) is 13.3 Å². The van der Waals surface area contributed by atoms with Crippen molar-refractivity contribution in [3.05, 3.63) is 29.3 Å². The first-order valence-electron chi connectivity index (χ1n) is 4.16. The fourth-order valence-corrected chi connectivity index (χ4v) is 1.62. The maximum Gasteiger partial charge on any atom is 0.166 e. The van der Waals surface area contributed by atoms with Gasteiger partial charge in [-0.3, -0.25) is 4.79 Å². The summed E-state index contributed by atoms with van der Waals surface area (Å²) in [6.07, 6.45) is 0.623. The Morgan fingerprint density at radius 1 is 1.42 bits per heavy atom. The Bertz CT molecular complexity index is 331. The molecule has 0 spiro atoms. The summed E-state index contributed by atoms with van der Waals surface area (Å²) >= 11 is 0. The number of fused-ring (bicyclic) bond motifs is 1. The quantitative estimate of drug-likeness (QED) is 0.630. The smallest absolute Gasteiger partial charge is 0.166 e. The van der Waals surface area contributed by atoms with Crippen molar-refractivity contribution >= 4 is 11.5 Å². The van der Waals surface area contributed by atoms with E-state index in [1.807, 2.05) is 25.1 Å². The van der Waals surface area contributed by atoms with Gasteiger partial charge in [-0.1, -0.05) is 12.1 Å². The summed E-state index contributed by atoms with van der Waals surface area (Å²) in [7, 11) is 0. The second-order valence-electron chi connectivity index (χ2n) is 3.10. The van der Waals surface area contributed by atoms with Crippen LogP contribution in [-0.2, 0) is 0 Å². The van der Waals surface area contributed by atoms with Crippen LogP contribution in [0.1, 0.15) is 22.3 Å². The zero-order valence-corrected chi connectivity index (χ0v) is 7.05. The summed E-state index contributed by atoms with van der Waals surface area (Å²) in [5.41, 5.74) is 2.94. The van der Waals surface area contributed by atoms with E-state index in [2.05, 4.69) is 5.32 Å². The first-order valence-corrected chi connectivity index (χ1v) is 4.16. The van der Waals surface area contributed by atoms with Crippen LogP contribution < -0.4 is 5.32 Å². The van der Waals surface area contributed by atoms with Gasteiger partial charge in [0, 0.05) is 24.2 Å². The molecule has 0 unspecified atom stereocenters. The molecule has 1 aromatic rings. The van der Waals surface area contributed by atoms with Gasteiger partial charge in [-0.25, -0.2) is 0 Å². The van der Waals surface area contributed by atoms with E-state index in [0.717, 1.165) is 23.4 Å². The van der Waals surface area contributed by atoms with Crippen LogP contribution in [0.2, 0.25) is 0 Å². The average molecular weight is 161 g/mol. The van der Waals surface area contributed by atoms with Crippen LogP contribution in [0.4, 0.5) is 5.69 Å². The van der Waals surface area contributed by atoms with Crippen molar-refractivity contribution in [2.75, 3.05) is 11.9 Å². The van der Waals surface area contributed by atoms with Crippen LogP contribution in [0, 0.1) is 6.92 Å². The first-order chi connectivity index (χ1) is 5.79. The molecule has 62 valence electrons. The molecule has 12 heavy (non-hydrogen) atoms. The number of hydrogen-bond donors (Lipinski definition) is 1. The Morgan fingerprint density at radius 2 is 2.25 bits per heavy atom. The molecule has 2 rings (SSSR count). The summed E-state index contributed by atoms with van der Waals surface area (Å²) in [6, 6.07) is 5.91. The van der Waals surface area contributed by atoms with E-state index < -0.39 is 0 Å². The van der Waals surface area contributed by atoms with Gasteiger partial charge in [0.15, 0.2) is 5.78 Å². The van der Waals surface area contributed by atoms with Gasteiger partial charge in [-0.2, -0.15) is 0 Å². The van der Waals surface area contributed by atoms with Crippen LogP contribution in [0.25, 0.3) is 0 Å². The lowest BCUT2D eigenvalue weighted by Crippen LogP contribution is -2.18. The monoisotopic (exact) mass is 161 g/mol. The van der Waals surface area contributed by atoms with Gasteiger partial charge in [-0.05, 0) is 18.6 Å². The van der Waals surface area contributed by atoms with Gasteiger partial charge in [0.1, 0.15) is 0 Å². The molecule has 2 heteroatoms. The molecular weight excluding hydrogens is 150 g/mol. The van der Waals surface area contributed by atoms with E-state index in [0.29, 0.717) is 6.42 Å². The maximum atomic E-state index is 11.5. The molecule has 0 saturated heterocycles. The fourth-order valence-electron chi connectivity index (χ4n) is 1.62. The minimum absolute atomic E-state index is 0.266. The predicted molar refractivity (Wildman–Crippen MR) is 48.6 cm³/mol. The number of Topliss-reactive ketones (excluding diaryl/α,β-unsaturated/α-hetero) is 1. The lowest BCUT2D eigenvalue weighted by molar-refractivity contribution is 0.0983. The van der Waals surface area contributed by atoms with E-state index in [4.69, 9.17) is 0 Å².